The van der Waals surface area contributed by atoms with Crippen molar-refractivity contribution in [3.8, 4) is 0 Å². The van der Waals surface area contributed by atoms with E-state index in [0.29, 0.717) is 16.4 Å². The van der Waals surface area contributed by atoms with Crippen LogP contribution in [0, 0.1) is 11.6 Å². The number of anilines is 3. The smallest absolute Gasteiger partial charge is 0.326 e. The fourth-order valence-electron chi connectivity index (χ4n) is 2.74. The maximum absolute atomic E-state index is 13.7. The number of urea groups is 2. The lowest BCUT2D eigenvalue weighted by Crippen LogP contribution is -2.42. The van der Waals surface area contributed by atoms with Crippen molar-refractivity contribution in [3.63, 3.8) is 0 Å². The minimum Gasteiger partial charge on any atom is -0.336 e. The summed E-state index contributed by atoms with van der Waals surface area (Å²) in [5.41, 5.74) is 0.833. The van der Waals surface area contributed by atoms with Crippen LogP contribution in [0.15, 0.2) is 66.7 Å². The van der Waals surface area contributed by atoms with Crippen LogP contribution in [0.2, 0.25) is 10.0 Å². The van der Waals surface area contributed by atoms with Crippen molar-refractivity contribution in [2.45, 2.75) is 0 Å². The molecule has 0 aromatic heterocycles. The normalized spacial score (nSPS) is 10.4. The predicted molar refractivity (Wildman–Crippen MR) is 123 cm³/mol. The molecule has 0 aliphatic heterocycles. The quantitative estimate of drug-likeness (QED) is 0.398. The average Bonchev–Trinajstić information content (AvgIpc) is 2.76. The molecule has 166 valence electrons. The summed E-state index contributed by atoms with van der Waals surface area (Å²) in [6.07, 6.45) is 0. The molecule has 3 aromatic carbocycles. The molecule has 0 spiro atoms. The van der Waals surface area contributed by atoms with Crippen molar-refractivity contribution in [3.05, 3.63) is 88.4 Å². The van der Waals surface area contributed by atoms with Crippen LogP contribution in [0.4, 0.5) is 35.4 Å². The minimum absolute atomic E-state index is 0.0257. The second-order valence-electron chi connectivity index (χ2n) is 6.55. The van der Waals surface area contributed by atoms with Gasteiger partial charge in [0, 0.05) is 24.5 Å². The molecule has 0 radical (unpaired) electrons. The van der Waals surface area contributed by atoms with E-state index >= 15 is 0 Å². The van der Waals surface area contributed by atoms with Crippen LogP contribution in [0.3, 0.4) is 0 Å². The average molecular weight is 479 g/mol. The van der Waals surface area contributed by atoms with Crippen LogP contribution in [0.1, 0.15) is 0 Å². The van der Waals surface area contributed by atoms with E-state index in [1.165, 1.54) is 59.5 Å². The van der Waals surface area contributed by atoms with Crippen molar-refractivity contribution in [2.24, 2.45) is 0 Å². The van der Waals surface area contributed by atoms with Crippen LogP contribution in [-0.2, 0) is 0 Å². The topological polar surface area (TPSA) is 73.5 Å². The van der Waals surface area contributed by atoms with Crippen molar-refractivity contribution in [1.82, 2.24) is 5.32 Å². The predicted octanol–water partition coefficient (Wildman–Crippen LogP) is 6.13. The SMILES string of the molecule is O=C(NCCN(C(=O)Nc1ccc(Cl)c(Cl)c1)c1ccc(F)cc1)Nc1ccccc1F. The number of nitrogens with one attached hydrogen (secondary N) is 3. The molecule has 0 heterocycles. The van der Waals surface area contributed by atoms with Gasteiger partial charge in [-0.25, -0.2) is 18.4 Å². The van der Waals surface area contributed by atoms with E-state index in [9.17, 15) is 18.4 Å². The summed E-state index contributed by atoms with van der Waals surface area (Å²) in [7, 11) is 0. The molecule has 0 fully saturated rings. The Morgan fingerprint density at radius 1 is 0.875 bits per heavy atom. The molecule has 0 saturated heterocycles. The van der Waals surface area contributed by atoms with Gasteiger partial charge in [0.25, 0.3) is 0 Å². The highest BCUT2D eigenvalue weighted by Gasteiger charge is 2.17. The van der Waals surface area contributed by atoms with Crippen molar-refractivity contribution in [2.75, 3.05) is 28.6 Å². The van der Waals surface area contributed by atoms with Gasteiger partial charge < -0.3 is 16.0 Å². The number of para-hydroxylation sites is 1. The Balaban J connectivity index is 1.66. The molecule has 32 heavy (non-hydrogen) atoms. The van der Waals surface area contributed by atoms with E-state index < -0.39 is 23.7 Å². The lowest BCUT2D eigenvalue weighted by Gasteiger charge is -2.23. The number of halogens is 4. The van der Waals surface area contributed by atoms with Gasteiger partial charge >= 0.3 is 12.1 Å². The Morgan fingerprint density at radius 3 is 2.28 bits per heavy atom. The highest BCUT2D eigenvalue weighted by molar-refractivity contribution is 6.42. The molecule has 0 aliphatic rings. The monoisotopic (exact) mass is 478 g/mol. The van der Waals surface area contributed by atoms with Gasteiger partial charge in [-0.15, -0.1) is 0 Å². The van der Waals surface area contributed by atoms with Gasteiger partial charge in [0.15, 0.2) is 0 Å². The first-order valence-corrected chi connectivity index (χ1v) is 10.2. The first-order valence-electron chi connectivity index (χ1n) is 9.42. The number of benzene rings is 3. The zero-order valence-electron chi connectivity index (χ0n) is 16.5. The van der Waals surface area contributed by atoms with E-state index in [2.05, 4.69) is 16.0 Å². The molecule has 3 N–H and O–H groups in total. The Labute approximate surface area is 193 Å². The van der Waals surface area contributed by atoms with Crippen molar-refractivity contribution < 1.29 is 18.4 Å². The zero-order valence-corrected chi connectivity index (χ0v) is 18.1. The van der Waals surface area contributed by atoms with E-state index in [0.717, 1.165) is 0 Å². The number of hydrogen-bond acceptors (Lipinski definition) is 2. The van der Waals surface area contributed by atoms with E-state index in [1.54, 1.807) is 12.1 Å². The highest BCUT2D eigenvalue weighted by atomic mass is 35.5. The summed E-state index contributed by atoms with van der Waals surface area (Å²) >= 11 is 11.9. The first-order chi connectivity index (χ1) is 15.3. The molecule has 3 rings (SSSR count). The summed E-state index contributed by atoms with van der Waals surface area (Å²) in [5.74, 6) is -1.03. The van der Waals surface area contributed by atoms with Crippen LogP contribution in [0.5, 0.6) is 0 Å². The third kappa shape index (κ3) is 6.32. The van der Waals surface area contributed by atoms with Crippen LogP contribution in [-0.4, -0.2) is 25.2 Å². The standard InChI is InChI=1S/C22H18Cl2F2N4O2/c23-17-10-7-15(13-18(17)24)28-22(32)30(16-8-5-14(25)6-9-16)12-11-27-21(31)29-20-4-2-1-3-19(20)26/h1-10,13H,11-12H2,(H,28,32)(H2,27,29,31). The molecule has 0 saturated carbocycles. The van der Waals surface area contributed by atoms with E-state index in [-0.39, 0.29) is 23.8 Å². The molecule has 4 amide bonds. The van der Waals surface area contributed by atoms with E-state index in [1.807, 2.05) is 0 Å². The van der Waals surface area contributed by atoms with E-state index in [4.69, 9.17) is 23.2 Å². The Bertz CT molecular complexity index is 1110. The third-order valence-electron chi connectivity index (χ3n) is 4.30. The van der Waals surface area contributed by atoms with Gasteiger partial charge in [-0.2, -0.15) is 0 Å². The molecule has 10 heteroatoms. The Morgan fingerprint density at radius 2 is 1.59 bits per heavy atom. The van der Waals surface area contributed by atoms with Crippen LogP contribution in [0.25, 0.3) is 0 Å². The molecule has 3 aromatic rings. The molecule has 0 aliphatic carbocycles. The van der Waals surface area contributed by atoms with Crippen molar-refractivity contribution in [1.29, 1.82) is 0 Å². The second kappa shape index (κ2) is 10.8. The van der Waals surface area contributed by atoms with Gasteiger partial charge in [-0.3, -0.25) is 4.90 Å². The number of hydrogen-bond donors (Lipinski definition) is 3. The zero-order chi connectivity index (χ0) is 23.1. The number of nitrogens with zero attached hydrogens (tertiary/aromatic N) is 1. The number of rotatable bonds is 6. The Hall–Kier alpha value is -3.36. The molecule has 0 unspecified atom stereocenters. The molecular formula is C22H18Cl2F2N4O2. The molecule has 6 nitrogen and oxygen atoms in total. The maximum atomic E-state index is 13.7. The number of carbonyl (C=O) groups is 2. The lowest BCUT2D eigenvalue weighted by atomic mass is 10.2. The summed E-state index contributed by atoms with van der Waals surface area (Å²) in [4.78, 5) is 26.3. The van der Waals surface area contributed by atoms with Gasteiger partial charge in [-0.05, 0) is 54.6 Å². The summed E-state index contributed by atoms with van der Waals surface area (Å²) in [5, 5.41) is 8.23. The molecular weight excluding hydrogens is 461 g/mol. The van der Waals surface area contributed by atoms with Gasteiger partial charge in [-0.1, -0.05) is 35.3 Å². The summed E-state index contributed by atoms with van der Waals surface area (Å²) in [6.45, 7) is 0.0793. The van der Waals surface area contributed by atoms with Gasteiger partial charge in [0.05, 0.1) is 15.7 Å². The lowest BCUT2D eigenvalue weighted by molar-refractivity contribution is 0.250. The minimum atomic E-state index is -0.640. The highest BCUT2D eigenvalue weighted by Crippen LogP contribution is 2.25. The molecule has 0 bridgehead atoms. The first kappa shape index (κ1) is 23.3. The molecule has 0 atom stereocenters. The van der Waals surface area contributed by atoms with Gasteiger partial charge in [0.1, 0.15) is 11.6 Å². The van der Waals surface area contributed by atoms with Crippen LogP contribution < -0.4 is 20.9 Å². The fraction of sp³-hybridized carbons (Fsp3) is 0.0909. The number of carbonyl (C=O) groups excluding carboxylic acids is 2. The number of amides is 4. The maximum Gasteiger partial charge on any atom is 0.326 e. The van der Waals surface area contributed by atoms with Crippen LogP contribution >= 0.6 is 23.2 Å². The summed E-state index contributed by atoms with van der Waals surface area (Å²) < 4.78 is 27.0. The van der Waals surface area contributed by atoms with Gasteiger partial charge in [0.2, 0.25) is 0 Å². The third-order valence-corrected chi connectivity index (χ3v) is 5.04. The largest absolute Gasteiger partial charge is 0.336 e. The Kier molecular flexibility index (Phi) is 7.86. The second-order valence-corrected chi connectivity index (χ2v) is 7.36. The summed E-state index contributed by atoms with van der Waals surface area (Å²) in [6, 6.07) is 14.5. The fourth-order valence-corrected chi connectivity index (χ4v) is 3.04. The van der Waals surface area contributed by atoms with Crippen molar-refractivity contribution >= 4 is 52.3 Å².